The fourth-order valence-corrected chi connectivity index (χ4v) is 2.15. The highest BCUT2D eigenvalue weighted by molar-refractivity contribution is 6.31. The molecule has 0 aliphatic rings. The van der Waals surface area contributed by atoms with Gasteiger partial charge in [-0.3, -0.25) is 0 Å². The normalized spacial score (nSPS) is 11.0. The molecule has 0 fully saturated rings. The third kappa shape index (κ3) is 3.94. The predicted octanol–water partition coefficient (Wildman–Crippen LogP) is 5.05. The van der Waals surface area contributed by atoms with E-state index in [1.165, 1.54) is 0 Å². The first-order chi connectivity index (χ1) is 10.0. The van der Waals surface area contributed by atoms with Gasteiger partial charge >= 0.3 is 0 Å². The third-order valence-corrected chi connectivity index (χ3v) is 3.73. The fraction of sp³-hybridized carbons (Fsp3) is 0.412. The number of nitrogens with one attached hydrogen (secondary N) is 1. The van der Waals surface area contributed by atoms with Crippen molar-refractivity contribution in [2.75, 3.05) is 11.9 Å². The number of hydrogen-bond donors (Lipinski definition) is 1. The Morgan fingerprint density at radius 3 is 2.57 bits per heavy atom. The molecule has 1 aromatic carbocycles. The summed E-state index contributed by atoms with van der Waals surface area (Å²) in [5, 5.41) is 4.09. The molecule has 0 aliphatic carbocycles. The molecule has 112 valence electrons. The predicted molar refractivity (Wildman–Crippen MR) is 90.1 cm³/mol. The molecule has 0 atom stereocenters. The van der Waals surface area contributed by atoms with E-state index in [1.54, 1.807) is 0 Å². The monoisotopic (exact) mass is 303 g/mol. The Morgan fingerprint density at radius 1 is 1.19 bits per heavy atom. The Balaban J connectivity index is 2.45. The number of halogens is 1. The lowest BCUT2D eigenvalue weighted by Gasteiger charge is -2.12. The van der Waals surface area contributed by atoms with Crippen LogP contribution in [0.15, 0.2) is 24.3 Å². The van der Waals surface area contributed by atoms with Crippen LogP contribution < -0.4 is 5.32 Å². The quantitative estimate of drug-likeness (QED) is 0.840. The maximum absolute atomic E-state index is 6.22. The average Bonchev–Trinajstić information content (AvgIpc) is 2.47. The second kappa shape index (κ2) is 6.90. The molecular formula is C17H22ClN3. The van der Waals surface area contributed by atoms with Crippen molar-refractivity contribution >= 4 is 17.4 Å². The van der Waals surface area contributed by atoms with E-state index in [-0.39, 0.29) is 0 Å². The number of benzene rings is 1. The highest BCUT2D eigenvalue weighted by atomic mass is 35.5. The molecule has 3 nitrogen and oxygen atoms in total. The maximum atomic E-state index is 6.22. The van der Waals surface area contributed by atoms with Crippen molar-refractivity contribution in [3.05, 3.63) is 40.5 Å². The van der Waals surface area contributed by atoms with Crippen LogP contribution >= 0.6 is 11.6 Å². The van der Waals surface area contributed by atoms with Crippen molar-refractivity contribution in [1.29, 1.82) is 0 Å². The molecule has 2 aromatic rings. The molecule has 1 N–H and O–H groups in total. The lowest BCUT2D eigenvalue weighted by Crippen LogP contribution is -2.06. The van der Waals surface area contributed by atoms with Gasteiger partial charge < -0.3 is 5.32 Å². The highest BCUT2D eigenvalue weighted by Crippen LogP contribution is 2.25. The van der Waals surface area contributed by atoms with Gasteiger partial charge in [-0.2, -0.15) is 0 Å². The van der Waals surface area contributed by atoms with Gasteiger partial charge in [-0.15, -0.1) is 0 Å². The molecule has 0 saturated carbocycles. The van der Waals surface area contributed by atoms with E-state index in [9.17, 15) is 0 Å². The number of nitrogens with zero attached hydrogens (tertiary/aromatic N) is 2. The summed E-state index contributed by atoms with van der Waals surface area (Å²) in [6, 6.07) is 7.98. The molecular weight excluding hydrogens is 282 g/mol. The van der Waals surface area contributed by atoms with Crippen LogP contribution in [-0.4, -0.2) is 16.5 Å². The molecule has 21 heavy (non-hydrogen) atoms. The van der Waals surface area contributed by atoms with Crippen LogP contribution in [0.4, 0.5) is 5.82 Å². The first-order valence-electron chi connectivity index (χ1n) is 7.40. The standard InChI is InChI=1S/C17H22ClN3/c1-5-8-19-16-10-15(11(2)3)20-17(21-16)13-7-6-12(4)14(18)9-13/h6-7,9-11H,5,8H2,1-4H3,(H,19,20,21). The molecule has 0 aliphatic heterocycles. The van der Waals surface area contributed by atoms with Crippen LogP contribution in [0.25, 0.3) is 11.4 Å². The minimum atomic E-state index is 0.356. The number of aromatic nitrogens is 2. The summed E-state index contributed by atoms with van der Waals surface area (Å²) < 4.78 is 0. The van der Waals surface area contributed by atoms with Crippen molar-refractivity contribution in [2.45, 2.75) is 40.0 Å². The minimum absolute atomic E-state index is 0.356. The Hall–Kier alpha value is -1.61. The van der Waals surface area contributed by atoms with E-state index in [1.807, 2.05) is 31.2 Å². The number of anilines is 1. The topological polar surface area (TPSA) is 37.8 Å². The molecule has 0 spiro atoms. The van der Waals surface area contributed by atoms with Crippen molar-refractivity contribution < 1.29 is 0 Å². The second-order valence-electron chi connectivity index (χ2n) is 5.55. The van der Waals surface area contributed by atoms with Crippen molar-refractivity contribution in [3.8, 4) is 11.4 Å². The second-order valence-corrected chi connectivity index (χ2v) is 5.95. The van der Waals surface area contributed by atoms with Gasteiger partial charge in [-0.25, -0.2) is 9.97 Å². The summed E-state index contributed by atoms with van der Waals surface area (Å²) in [6.45, 7) is 9.31. The maximum Gasteiger partial charge on any atom is 0.161 e. The minimum Gasteiger partial charge on any atom is -0.370 e. The Labute approximate surface area is 131 Å². The summed E-state index contributed by atoms with van der Waals surface area (Å²) in [5.74, 6) is 1.96. The molecule has 0 unspecified atom stereocenters. The van der Waals surface area contributed by atoms with Crippen LogP contribution in [0.3, 0.4) is 0 Å². The first-order valence-corrected chi connectivity index (χ1v) is 7.78. The van der Waals surface area contributed by atoms with Gasteiger partial charge in [0.25, 0.3) is 0 Å². The van der Waals surface area contributed by atoms with Gasteiger partial charge in [0.2, 0.25) is 0 Å². The molecule has 1 aromatic heterocycles. The number of rotatable bonds is 5. The molecule has 0 radical (unpaired) electrons. The summed E-state index contributed by atoms with van der Waals surface area (Å²) in [5.41, 5.74) is 3.05. The summed E-state index contributed by atoms with van der Waals surface area (Å²) >= 11 is 6.22. The van der Waals surface area contributed by atoms with Gasteiger partial charge in [0.15, 0.2) is 5.82 Å². The lowest BCUT2D eigenvalue weighted by molar-refractivity contribution is 0.816. The third-order valence-electron chi connectivity index (χ3n) is 3.32. The summed E-state index contributed by atoms with van der Waals surface area (Å²) in [6.07, 6.45) is 1.06. The van der Waals surface area contributed by atoms with E-state index >= 15 is 0 Å². The number of hydrogen-bond acceptors (Lipinski definition) is 3. The van der Waals surface area contributed by atoms with Crippen LogP contribution in [0, 0.1) is 6.92 Å². The zero-order valence-electron chi connectivity index (χ0n) is 13.1. The van der Waals surface area contributed by atoms with Crippen LogP contribution in [0.1, 0.15) is 44.4 Å². The molecule has 2 rings (SSSR count). The van der Waals surface area contributed by atoms with Gasteiger partial charge in [-0.05, 0) is 30.9 Å². The van der Waals surface area contributed by atoms with Gasteiger partial charge in [0.05, 0.1) is 0 Å². The van der Waals surface area contributed by atoms with Gasteiger partial charge in [-0.1, -0.05) is 44.5 Å². The Kier molecular flexibility index (Phi) is 5.18. The van der Waals surface area contributed by atoms with Gasteiger partial charge in [0.1, 0.15) is 5.82 Å². The fourth-order valence-electron chi connectivity index (χ4n) is 1.97. The summed E-state index contributed by atoms with van der Waals surface area (Å²) in [4.78, 5) is 9.29. The lowest BCUT2D eigenvalue weighted by atomic mass is 10.1. The van der Waals surface area contributed by atoms with Gasteiger partial charge in [0, 0.05) is 28.9 Å². The van der Waals surface area contributed by atoms with E-state index in [2.05, 4.69) is 36.1 Å². The van der Waals surface area contributed by atoms with Crippen molar-refractivity contribution in [1.82, 2.24) is 9.97 Å². The summed E-state index contributed by atoms with van der Waals surface area (Å²) in [7, 11) is 0. The molecule has 4 heteroatoms. The zero-order chi connectivity index (χ0) is 15.4. The van der Waals surface area contributed by atoms with Crippen molar-refractivity contribution in [2.24, 2.45) is 0 Å². The molecule has 1 heterocycles. The Bertz CT molecular complexity index is 623. The van der Waals surface area contributed by atoms with E-state index < -0.39 is 0 Å². The van der Waals surface area contributed by atoms with Crippen LogP contribution in [-0.2, 0) is 0 Å². The van der Waals surface area contributed by atoms with Crippen LogP contribution in [0.5, 0.6) is 0 Å². The molecule has 0 saturated heterocycles. The number of aryl methyl sites for hydroxylation is 1. The van der Waals surface area contributed by atoms with E-state index in [0.29, 0.717) is 5.92 Å². The zero-order valence-corrected chi connectivity index (χ0v) is 13.8. The highest BCUT2D eigenvalue weighted by Gasteiger charge is 2.10. The van der Waals surface area contributed by atoms with Crippen LogP contribution in [0.2, 0.25) is 5.02 Å². The van der Waals surface area contributed by atoms with E-state index in [4.69, 9.17) is 11.6 Å². The Morgan fingerprint density at radius 2 is 1.95 bits per heavy atom. The first kappa shape index (κ1) is 15.8. The largest absolute Gasteiger partial charge is 0.370 e. The van der Waals surface area contributed by atoms with Crippen molar-refractivity contribution in [3.63, 3.8) is 0 Å². The molecule has 0 bridgehead atoms. The smallest absolute Gasteiger partial charge is 0.161 e. The average molecular weight is 304 g/mol. The SMILES string of the molecule is CCCNc1cc(C(C)C)nc(-c2ccc(C)c(Cl)c2)n1. The van der Waals surface area contributed by atoms with E-state index in [0.717, 1.165) is 46.5 Å². The molecule has 0 amide bonds.